The number of aliphatic carboxylic acids is 2. The Kier molecular flexibility index (Phi) is 6.99. The van der Waals surface area contributed by atoms with Crippen molar-refractivity contribution in [3.05, 3.63) is 70.5 Å². The van der Waals surface area contributed by atoms with Crippen LogP contribution in [-0.4, -0.2) is 52.5 Å². The van der Waals surface area contributed by atoms with E-state index in [1.54, 1.807) is 18.2 Å². The van der Waals surface area contributed by atoms with Gasteiger partial charge in [0.15, 0.2) is 0 Å². The number of H-pyrrole nitrogens is 1. The van der Waals surface area contributed by atoms with E-state index in [-0.39, 0.29) is 33.9 Å². The van der Waals surface area contributed by atoms with Crippen LogP contribution >= 0.6 is 0 Å². The van der Waals surface area contributed by atoms with Gasteiger partial charge in [0.25, 0.3) is 21.5 Å². The molecule has 196 valence electrons. The summed E-state index contributed by atoms with van der Waals surface area (Å²) in [5, 5.41) is 21.5. The topological polar surface area (TPSA) is 222 Å². The average molecular weight is 540 g/mol. The molecule has 14 heteroatoms. The van der Waals surface area contributed by atoms with Crippen LogP contribution < -0.4 is 21.3 Å². The SMILES string of the molecule is Nc1nc2ccc3ccc(NS(=O)(=O)c4ccc(C(=O)N[C@@H](CCC(=O)O)C(=O)O)cc4)cc3c2c(=O)[nH]1. The molecule has 1 aromatic heterocycles. The molecular formula is C24H21N5O8S. The average Bonchev–Trinajstić information content (AvgIpc) is 2.85. The summed E-state index contributed by atoms with van der Waals surface area (Å²) < 4.78 is 28.4. The highest BCUT2D eigenvalue weighted by molar-refractivity contribution is 7.92. The second-order valence-corrected chi connectivity index (χ2v) is 9.96. The normalized spacial score (nSPS) is 12.2. The van der Waals surface area contributed by atoms with Crippen LogP contribution in [0.3, 0.4) is 0 Å². The number of nitrogens with zero attached hydrogens (tertiary/aromatic N) is 1. The molecule has 4 aromatic rings. The molecule has 0 aliphatic carbocycles. The van der Waals surface area contributed by atoms with Crippen molar-refractivity contribution in [2.45, 2.75) is 23.8 Å². The highest BCUT2D eigenvalue weighted by Gasteiger charge is 2.22. The van der Waals surface area contributed by atoms with E-state index in [9.17, 15) is 32.7 Å². The van der Waals surface area contributed by atoms with Crippen LogP contribution in [0.2, 0.25) is 0 Å². The van der Waals surface area contributed by atoms with Gasteiger partial charge in [0.2, 0.25) is 5.95 Å². The number of anilines is 2. The number of nitrogen functional groups attached to an aromatic ring is 1. The largest absolute Gasteiger partial charge is 0.481 e. The lowest BCUT2D eigenvalue weighted by molar-refractivity contribution is -0.140. The first-order valence-corrected chi connectivity index (χ1v) is 12.5. The molecule has 0 bridgehead atoms. The van der Waals surface area contributed by atoms with Crippen LogP contribution in [-0.2, 0) is 19.6 Å². The van der Waals surface area contributed by atoms with Crippen molar-refractivity contribution >= 4 is 61.2 Å². The van der Waals surface area contributed by atoms with Crippen LogP contribution in [0.4, 0.5) is 11.6 Å². The van der Waals surface area contributed by atoms with Gasteiger partial charge in [-0.15, -0.1) is 0 Å². The van der Waals surface area contributed by atoms with E-state index in [1.165, 1.54) is 24.3 Å². The number of benzene rings is 3. The number of amides is 1. The number of rotatable bonds is 9. The fraction of sp³-hybridized carbons (Fsp3) is 0.125. The van der Waals surface area contributed by atoms with E-state index >= 15 is 0 Å². The summed E-state index contributed by atoms with van der Waals surface area (Å²) in [6, 6.07) is 11.3. The number of nitrogens with two attached hydrogens (primary N) is 1. The van der Waals surface area contributed by atoms with E-state index in [0.717, 1.165) is 12.1 Å². The second kappa shape index (κ2) is 10.2. The number of carbonyl (C=O) groups excluding carboxylic acids is 1. The molecule has 0 spiro atoms. The summed E-state index contributed by atoms with van der Waals surface area (Å²) in [5.41, 5.74) is 5.63. The molecule has 13 nitrogen and oxygen atoms in total. The Hall–Kier alpha value is -4.98. The van der Waals surface area contributed by atoms with Crippen molar-refractivity contribution in [2.75, 3.05) is 10.5 Å². The van der Waals surface area contributed by atoms with Crippen molar-refractivity contribution in [1.82, 2.24) is 15.3 Å². The van der Waals surface area contributed by atoms with E-state index in [0.29, 0.717) is 16.3 Å². The zero-order chi connectivity index (χ0) is 27.6. The van der Waals surface area contributed by atoms with Gasteiger partial charge in [-0.25, -0.2) is 18.2 Å². The first-order chi connectivity index (χ1) is 17.9. The van der Waals surface area contributed by atoms with Gasteiger partial charge >= 0.3 is 11.9 Å². The van der Waals surface area contributed by atoms with Crippen LogP contribution in [0, 0.1) is 0 Å². The summed E-state index contributed by atoms with van der Waals surface area (Å²) in [7, 11) is -4.11. The summed E-state index contributed by atoms with van der Waals surface area (Å²) in [6.07, 6.45) is -0.771. The molecule has 1 heterocycles. The minimum atomic E-state index is -4.11. The Morgan fingerprint density at radius 1 is 1.03 bits per heavy atom. The Balaban J connectivity index is 1.56. The third-order valence-corrected chi connectivity index (χ3v) is 7.04. The molecule has 38 heavy (non-hydrogen) atoms. The predicted octanol–water partition coefficient (Wildman–Crippen LogP) is 1.51. The molecule has 0 radical (unpaired) electrons. The van der Waals surface area contributed by atoms with Crippen LogP contribution in [0.1, 0.15) is 23.2 Å². The van der Waals surface area contributed by atoms with Crippen molar-refractivity contribution in [3.8, 4) is 0 Å². The quantitative estimate of drug-likeness (QED) is 0.168. The summed E-state index contributed by atoms with van der Waals surface area (Å²) in [6.45, 7) is 0. The van der Waals surface area contributed by atoms with Crippen molar-refractivity contribution in [1.29, 1.82) is 0 Å². The van der Waals surface area contributed by atoms with E-state index in [1.807, 2.05) is 0 Å². The van der Waals surface area contributed by atoms with Crippen molar-refractivity contribution in [3.63, 3.8) is 0 Å². The van der Waals surface area contributed by atoms with Gasteiger partial charge in [-0.2, -0.15) is 0 Å². The first-order valence-electron chi connectivity index (χ1n) is 11.1. The first kappa shape index (κ1) is 26.1. The molecule has 0 fully saturated rings. The minimum Gasteiger partial charge on any atom is -0.481 e. The second-order valence-electron chi connectivity index (χ2n) is 8.27. The zero-order valence-corrected chi connectivity index (χ0v) is 20.3. The molecule has 0 aliphatic heterocycles. The van der Waals surface area contributed by atoms with Crippen molar-refractivity contribution in [2.24, 2.45) is 0 Å². The molecule has 0 saturated heterocycles. The maximum atomic E-state index is 13.0. The maximum absolute atomic E-state index is 13.0. The number of fused-ring (bicyclic) bond motifs is 3. The van der Waals surface area contributed by atoms with Gasteiger partial charge in [-0.3, -0.25) is 24.1 Å². The van der Waals surface area contributed by atoms with Gasteiger partial charge in [-0.05, 0) is 59.7 Å². The van der Waals surface area contributed by atoms with Crippen LogP contribution in [0.5, 0.6) is 0 Å². The predicted molar refractivity (Wildman–Crippen MR) is 137 cm³/mol. The molecule has 0 aliphatic rings. The summed E-state index contributed by atoms with van der Waals surface area (Å²) in [4.78, 5) is 53.2. The number of carboxylic acids is 2. The fourth-order valence-corrected chi connectivity index (χ4v) is 4.86. The zero-order valence-electron chi connectivity index (χ0n) is 19.5. The molecular weight excluding hydrogens is 518 g/mol. The summed E-state index contributed by atoms with van der Waals surface area (Å²) in [5.74, 6) is -3.46. The van der Waals surface area contributed by atoms with Crippen molar-refractivity contribution < 1.29 is 33.0 Å². The lowest BCUT2D eigenvalue weighted by Crippen LogP contribution is -2.41. The number of nitrogens with one attached hydrogen (secondary N) is 3. The lowest BCUT2D eigenvalue weighted by Gasteiger charge is -2.14. The third-order valence-electron chi connectivity index (χ3n) is 5.64. The maximum Gasteiger partial charge on any atom is 0.326 e. The van der Waals surface area contributed by atoms with E-state index < -0.39 is 45.9 Å². The highest BCUT2D eigenvalue weighted by atomic mass is 32.2. The molecule has 0 saturated carbocycles. The highest BCUT2D eigenvalue weighted by Crippen LogP contribution is 2.26. The Morgan fingerprint density at radius 3 is 2.37 bits per heavy atom. The third kappa shape index (κ3) is 5.54. The Bertz CT molecular complexity index is 1750. The van der Waals surface area contributed by atoms with E-state index in [2.05, 4.69) is 20.0 Å². The number of hydrogen-bond donors (Lipinski definition) is 6. The summed E-state index contributed by atoms with van der Waals surface area (Å²) >= 11 is 0. The van der Waals surface area contributed by atoms with Gasteiger partial charge < -0.3 is 21.3 Å². The van der Waals surface area contributed by atoms with Gasteiger partial charge in [-0.1, -0.05) is 12.1 Å². The van der Waals surface area contributed by atoms with E-state index in [4.69, 9.17) is 10.8 Å². The fourth-order valence-electron chi connectivity index (χ4n) is 3.81. The Labute approximate surface area is 214 Å². The molecule has 0 unspecified atom stereocenters. The number of aromatic amines is 1. The number of carboxylic acid groups (broad SMARTS) is 2. The van der Waals surface area contributed by atoms with Crippen LogP contribution in [0.25, 0.3) is 21.7 Å². The Morgan fingerprint density at radius 2 is 1.71 bits per heavy atom. The number of carbonyl (C=O) groups is 3. The molecule has 1 amide bonds. The molecule has 7 N–H and O–H groups in total. The monoisotopic (exact) mass is 539 g/mol. The lowest BCUT2D eigenvalue weighted by atomic mass is 10.1. The molecule has 3 aromatic carbocycles. The van der Waals surface area contributed by atoms with Gasteiger partial charge in [0, 0.05) is 17.7 Å². The molecule has 4 rings (SSSR count). The standard InChI is InChI=1S/C24H21N5O8S/c25-24-27-17-8-4-12-1-5-14(11-16(12)20(17)22(33)28-24)29-38(36,37)15-6-2-13(3-7-15)21(32)26-18(23(34)35)9-10-19(30)31/h1-8,11,18,29H,9-10H2,(H,26,32)(H,30,31)(H,34,35)(H3,25,27,28,33)/t18-/m0/s1. The van der Waals surface area contributed by atoms with Gasteiger partial charge in [0.1, 0.15) is 6.04 Å². The number of sulfonamides is 1. The number of aromatic nitrogens is 2. The smallest absolute Gasteiger partial charge is 0.326 e. The van der Waals surface area contributed by atoms with Gasteiger partial charge in [0.05, 0.1) is 15.8 Å². The number of hydrogen-bond acceptors (Lipinski definition) is 8. The minimum absolute atomic E-state index is 0.0197. The molecule has 1 atom stereocenters. The van der Waals surface area contributed by atoms with Crippen LogP contribution in [0.15, 0.2) is 64.3 Å².